The lowest BCUT2D eigenvalue weighted by atomic mass is 10.0. The molecule has 1 atom stereocenters. The molecule has 1 aromatic rings. The van der Waals surface area contributed by atoms with E-state index in [1.54, 1.807) is 11.3 Å². The fraction of sp³-hybridized carbons (Fsp3) is 0.750. The van der Waals surface area contributed by atoms with E-state index in [1.165, 1.54) is 31.5 Å². The van der Waals surface area contributed by atoms with Crippen molar-refractivity contribution in [3.05, 3.63) is 16.1 Å². The van der Waals surface area contributed by atoms with Crippen LogP contribution in [0.25, 0.3) is 0 Å². The molecule has 1 unspecified atom stereocenters. The summed E-state index contributed by atoms with van der Waals surface area (Å²) in [5.74, 6) is 0. The third kappa shape index (κ3) is 3.27. The molecule has 4 heteroatoms. The summed E-state index contributed by atoms with van der Waals surface area (Å²) in [5.41, 5.74) is 1.18. The molecule has 1 aliphatic heterocycles. The van der Waals surface area contributed by atoms with Crippen LogP contribution in [-0.4, -0.2) is 36.1 Å². The summed E-state index contributed by atoms with van der Waals surface area (Å²) < 4.78 is 0. The highest BCUT2D eigenvalue weighted by Crippen LogP contribution is 2.14. The smallest absolute Gasteiger partial charge is 0.0897 e. The van der Waals surface area contributed by atoms with E-state index in [0.29, 0.717) is 6.04 Å². The summed E-state index contributed by atoms with van der Waals surface area (Å²) in [6.07, 6.45) is 4.07. The highest BCUT2D eigenvalue weighted by atomic mass is 32.1. The van der Waals surface area contributed by atoms with E-state index in [0.717, 1.165) is 18.1 Å². The number of thiazole rings is 1. The average molecular weight is 239 g/mol. The van der Waals surface area contributed by atoms with Crippen molar-refractivity contribution in [2.24, 2.45) is 0 Å². The molecule has 16 heavy (non-hydrogen) atoms. The van der Waals surface area contributed by atoms with Gasteiger partial charge in [-0.3, -0.25) is 0 Å². The molecule has 1 N–H and O–H groups in total. The second kappa shape index (κ2) is 5.75. The van der Waals surface area contributed by atoms with Crippen LogP contribution in [0.5, 0.6) is 0 Å². The Hall–Kier alpha value is -0.450. The highest BCUT2D eigenvalue weighted by molar-refractivity contribution is 7.09. The number of nitrogens with zero attached hydrogens (tertiary/aromatic N) is 2. The molecule has 1 saturated heterocycles. The Bertz CT molecular complexity index is 324. The number of aromatic nitrogens is 1. The van der Waals surface area contributed by atoms with Gasteiger partial charge in [0.2, 0.25) is 0 Å². The molecule has 0 bridgehead atoms. The van der Waals surface area contributed by atoms with Gasteiger partial charge in [-0.25, -0.2) is 4.98 Å². The van der Waals surface area contributed by atoms with E-state index >= 15 is 0 Å². The minimum atomic E-state index is 0.716. The van der Waals surface area contributed by atoms with E-state index in [2.05, 4.69) is 34.6 Å². The number of nitrogens with one attached hydrogen (secondary N) is 1. The molecule has 0 spiro atoms. The van der Waals surface area contributed by atoms with Gasteiger partial charge in [-0.05, 0) is 33.4 Å². The van der Waals surface area contributed by atoms with Crippen LogP contribution >= 0.6 is 11.3 Å². The Morgan fingerprint density at radius 3 is 3.12 bits per heavy atom. The second-order valence-electron chi connectivity index (χ2n) is 4.62. The Labute approximate surface area is 102 Å². The Morgan fingerprint density at radius 2 is 2.44 bits per heavy atom. The molecule has 0 radical (unpaired) electrons. The van der Waals surface area contributed by atoms with E-state index in [9.17, 15) is 0 Å². The monoisotopic (exact) mass is 239 g/mol. The van der Waals surface area contributed by atoms with Crippen molar-refractivity contribution in [3.63, 3.8) is 0 Å². The number of hydrogen-bond donors (Lipinski definition) is 1. The highest BCUT2D eigenvalue weighted by Gasteiger charge is 2.17. The first-order valence-electron chi connectivity index (χ1n) is 6.07. The number of likely N-dealkylation sites (tertiary alicyclic amines) is 1. The normalized spacial score (nSPS) is 22.5. The topological polar surface area (TPSA) is 28.2 Å². The first-order chi connectivity index (χ1) is 7.75. The Morgan fingerprint density at radius 1 is 1.56 bits per heavy atom. The summed E-state index contributed by atoms with van der Waals surface area (Å²) in [6.45, 7) is 5.31. The van der Waals surface area contributed by atoms with Crippen LogP contribution in [-0.2, 0) is 6.54 Å². The van der Waals surface area contributed by atoms with Crippen LogP contribution in [0.3, 0.4) is 0 Å². The first kappa shape index (κ1) is 12.0. The Kier molecular flexibility index (Phi) is 4.32. The van der Waals surface area contributed by atoms with Crippen molar-refractivity contribution in [3.8, 4) is 0 Å². The maximum Gasteiger partial charge on any atom is 0.0897 e. The summed E-state index contributed by atoms with van der Waals surface area (Å²) in [6, 6.07) is 0.716. The zero-order chi connectivity index (χ0) is 11.4. The largest absolute Gasteiger partial charge is 0.310 e. The average Bonchev–Trinajstić information content (AvgIpc) is 2.67. The third-order valence-corrected chi connectivity index (χ3v) is 4.10. The van der Waals surface area contributed by atoms with Crippen LogP contribution in [0.4, 0.5) is 0 Å². The van der Waals surface area contributed by atoms with Gasteiger partial charge in [-0.1, -0.05) is 6.42 Å². The molecule has 0 amide bonds. The van der Waals surface area contributed by atoms with Gasteiger partial charge < -0.3 is 10.2 Å². The number of likely N-dealkylation sites (N-methyl/N-ethyl adjacent to an activating group) is 1. The SMILES string of the molecule is Cc1nc(CNCC2CCCCN2C)cs1. The van der Waals surface area contributed by atoms with Crippen molar-refractivity contribution < 1.29 is 0 Å². The standard InChI is InChI=1S/C12H21N3S/c1-10-14-11(9-16-10)7-13-8-12-5-3-4-6-15(12)2/h9,12-13H,3-8H2,1-2H3. The second-order valence-corrected chi connectivity index (χ2v) is 5.68. The van der Waals surface area contributed by atoms with Gasteiger partial charge in [-0.15, -0.1) is 11.3 Å². The van der Waals surface area contributed by atoms with Gasteiger partial charge in [0, 0.05) is 24.5 Å². The quantitative estimate of drug-likeness (QED) is 0.871. The van der Waals surface area contributed by atoms with Gasteiger partial charge in [0.15, 0.2) is 0 Å². The lowest BCUT2D eigenvalue weighted by molar-refractivity contribution is 0.181. The van der Waals surface area contributed by atoms with Gasteiger partial charge in [0.25, 0.3) is 0 Å². The van der Waals surface area contributed by atoms with Crippen LogP contribution in [0.15, 0.2) is 5.38 Å². The van der Waals surface area contributed by atoms with Crippen molar-refractivity contribution in [2.75, 3.05) is 20.1 Å². The zero-order valence-electron chi connectivity index (χ0n) is 10.2. The number of rotatable bonds is 4. The number of piperidine rings is 1. The molecule has 2 rings (SSSR count). The first-order valence-corrected chi connectivity index (χ1v) is 6.95. The van der Waals surface area contributed by atoms with Crippen LogP contribution in [0.1, 0.15) is 30.0 Å². The van der Waals surface area contributed by atoms with Gasteiger partial charge in [0.05, 0.1) is 10.7 Å². The van der Waals surface area contributed by atoms with Crippen molar-refractivity contribution >= 4 is 11.3 Å². The zero-order valence-corrected chi connectivity index (χ0v) is 11.0. The minimum Gasteiger partial charge on any atom is -0.310 e. The van der Waals surface area contributed by atoms with Crippen molar-refractivity contribution in [1.29, 1.82) is 0 Å². The molecule has 1 aliphatic rings. The lowest BCUT2D eigenvalue weighted by Gasteiger charge is -2.32. The maximum absolute atomic E-state index is 4.45. The molecule has 3 nitrogen and oxygen atoms in total. The molecular formula is C12H21N3S. The maximum atomic E-state index is 4.45. The summed E-state index contributed by atoms with van der Waals surface area (Å²) in [4.78, 5) is 6.93. The Balaban J connectivity index is 1.71. The van der Waals surface area contributed by atoms with Crippen LogP contribution in [0, 0.1) is 6.92 Å². The van der Waals surface area contributed by atoms with Gasteiger partial charge in [0.1, 0.15) is 0 Å². The fourth-order valence-electron chi connectivity index (χ4n) is 2.26. The molecule has 0 aromatic carbocycles. The number of hydrogen-bond acceptors (Lipinski definition) is 4. The lowest BCUT2D eigenvalue weighted by Crippen LogP contribution is -2.42. The molecule has 0 saturated carbocycles. The third-order valence-electron chi connectivity index (χ3n) is 3.27. The van der Waals surface area contributed by atoms with E-state index in [4.69, 9.17) is 0 Å². The molecule has 90 valence electrons. The predicted octanol–water partition coefficient (Wildman–Crippen LogP) is 2.03. The molecule has 1 fully saturated rings. The van der Waals surface area contributed by atoms with Gasteiger partial charge in [-0.2, -0.15) is 0 Å². The van der Waals surface area contributed by atoms with Crippen LogP contribution < -0.4 is 5.32 Å². The predicted molar refractivity (Wildman–Crippen MR) is 68.8 cm³/mol. The fourth-order valence-corrected chi connectivity index (χ4v) is 2.87. The number of aryl methyl sites for hydroxylation is 1. The molecule has 2 heterocycles. The summed E-state index contributed by atoms with van der Waals surface area (Å²) >= 11 is 1.73. The van der Waals surface area contributed by atoms with E-state index in [1.807, 2.05) is 0 Å². The molecule has 0 aliphatic carbocycles. The van der Waals surface area contributed by atoms with Gasteiger partial charge >= 0.3 is 0 Å². The van der Waals surface area contributed by atoms with Crippen LogP contribution in [0.2, 0.25) is 0 Å². The van der Waals surface area contributed by atoms with Crippen molar-refractivity contribution in [1.82, 2.24) is 15.2 Å². The summed E-state index contributed by atoms with van der Waals surface area (Å²) in [7, 11) is 2.23. The summed E-state index contributed by atoms with van der Waals surface area (Å²) in [5, 5.41) is 6.82. The van der Waals surface area contributed by atoms with E-state index < -0.39 is 0 Å². The minimum absolute atomic E-state index is 0.716. The molecule has 1 aromatic heterocycles. The molecular weight excluding hydrogens is 218 g/mol. The van der Waals surface area contributed by atoms with Crippen molar-refractivity contribution in [2.45, 2.75) is 38.8 Å². The van der Waals surface area contributed by atoms with E-state index in [-0.39, 0.29) is 0 Å².